The Morgan fingerprint density at radius 2 is 1.79 bits per heavy atom. The summed E-state index contributed by atoms with van der Waals surface area (Å²) in [6.07, 6.45) is 1.64. The van der Waals surface area contributed by atoms with Gasteiger partial charge in [0.15, 0.2) is 0 Å². The van der Waals surface area contributed by atoms with Crippen molar-refractivity contribution in [2.75, 3.05) is 23.7 Å². The van der Waals surface area contributed by atoms with Gasteiger partial charge in [0.05, 0.1) is 16.9 Å². The molecule has 0 aliphatic carbocycles. The zero-order valence-corrected chi connectivity index (χ0v) is 20.5. The Labute approximate surface area is 199 Å². The third kappa shape index (κ3) is 7.27. The van der Waals surface area contributed by atoms with Crippen LogP contribution in [-0.2, 0) is 26.2 Å². The van der Waals surface area contributed by atoms with Gasteiger partial charge in [0.25, 0.3) is 5.69 Å². The maximum absolute atomic E-state index is 13.4. The van der Waals surface area contributed by atoms with Crippen LogP contribution in [0.3, 0.4) is 0 Å². The van der Waals surface area contributed by atoms with Gasteiger partial charge in [0.1, 0.15) is 12.6 Å². The molecule has 0 fully saturated rings. The second-order valence-corrected chi connectivity index (χ2v) is 9.93. The largest absolute Gasteiger partial charge is 0.354 e. The van der Waals surface area contributed by atoms with Gasteiger partial charge in [-0.25, -0.2) is 8.42 Å². The summed E-state index contributed by atoms with van der Waals surface area (Å²) in [6.45, 7) is 5.33. The lowest BCUT2D eigenvalue weighted by Crippen LogP contribution is -2.51. The zero-order valence-electron chi connectivity index (χ0n) is 19.7. The van der Waals surface area contributed by atoms with E-state index in [1.165, 1.54) is 23.1 Å². The Hall–Kier alpha value is -3.47. The number of rotatable bonds is 11. The Bertz CT molecular complexity index is 1130. The van der Waals surface area contributed by atoms with Crippen LogP contribution in [0.4, 0.5) is 11.4 Å². The fraction of sp³-hybridized carbons (Fsp3) is 0.391. The number of nitro groups is 1. The molecule has 0 aliphatic rings. The van der Waals surface area contributed by atoms with Gasteiger partial charge in [-0.3, -0.25) is 24.0 Å². The van der Waals surface area contributed by atoms with Crippen molar-refractivity contribution in [1.29, 1.82) is 0 Å². The molecule has 2 rings (SSSR count). The molecule has 0 aliphatic heterocycles. The Kier molecular flexibility index (Phi) is 9.13. The normalized spacial score (nSPS) is 12.0. The number of anilines is 1. The highest BCUT2D eigenvalue weighted by atomic mass is 32.2. The predicted octanol–water partition coefficient (Wildman–Crippen LogP) is 2.61. The van der Waals surface area contributed by atoms with E-state index in [1.807, 2.05) is 38.1 Å². The van der Waals surface area contributed by atoms with Crippen LogP contribution in [0.25, 0.3) is 0 Å². The van der Waals surface area contributed by atoms with Crippen molar-refractivity contribution in [3.63, 3.8) is 0 Å². The van der Waals surface area contributed by atoms with Gasteiger partial charge in [-0.2, -0.15) is 0 Å². The van der Waals surface area contributed by atoms with Crippen LogP contribution in [0.5, 0.6) is 0 Å². The minimum atomic E-state index is -3.96. The average Bonchev–Trinajstić information content (AvgIpc) is 2.79. The van der Waals surface area contributed by atoms with Gasteiger partial charge in [-0.1, -0.05) is 42.8 Å². The Morgan fingerprint density at radius 1 is 1.15 bits per heavy atom. The number of nitrogens with zero attached hydrogens (tertiary/aromatic N) is 3. The summed E-state index contributed by atoms with van der Waals surface area (Å²) >= 11 is 0. The van der Waals surface area contributed by atoms with Crippen molar-refractivity contribution in [1.82, 2.24) is 10.2 Å². The smallest absolute Gasteiger partial charge is 0.271 e. The van der Waals surface area contributed by atoms with E-state index in [2.05, 4.69) is 5.32 Å². The molecule has 0 unspecified atom stereocenters. The number of benzene rings is 2. The molecule has 1 atom stereocenters. The van der Waals surface area contributed by atoms with E-state index in [1.54, 1.807) is 6.92 Å². The summed E-state index contributed by atoms with van der Waals surface area (Å²) in [6, 6.07) is 11.6. The highest BCUT2D eigenvalue weighted by molar-refractivity contribution is 7.92. The molecule has 0 saturated heterocycles. The number of non-ortho nitro benzene ring substituents is 1. The summed E-state index contributed by atoms with van der Waals surface area (Å²) < 4.78 is 25.8. The highest BCUT2D eigenvalue weighted by Crippen LogP contribution is 2.24. The first kappa shape index (κ1) is 26.8. The molecule has 0 bridgehead atoms. The maximum atomic E-state index is 13.4. The summed E-state index contributed by atoms with van der Waals surface area (Å²) in [5.74, 6) is -0.972. The maximum Gasteiger partial charge on any atom is 0.271 e. The van der Waals surface area contributed by atoms with Crippen molar-refractivity contribution in [2.24, 2.45) is 0 Å². The number of aryl methyl sites for hydroxylation is 1. The summed E-state index contributed by atoms with van der Waals surface area (Å²) in [4.78, 5) is 37.9. The van der Waals surface area contributed by atoms with Crippen LogP contribution >= 0.6 is 0 Å². The third-order valence-electron chi connectivity index (χ3n) is 5.20. The zero-order chi connectivity index (χ0) is 25.5. The molecule has 184 valence electrons. The number of carbonyl (C=O) groups is 2. The van der Waals surface area contributed by atoms with Crippen molar-refractivity contribution in [3.8, 4) is 0 Å². The molecule has 10 nitrogen and oxygen atoms in total. The first-order chi connectivity index (χ1) is 15.9. The van der Waals surface area contributed by atoms with E-state index < -0.39 is 33.4 Å². The number of carbonyl (C=O) groups excluding carboxylic acids is 2. The highest BCUT2D eigenvalue weighted by Gasteiger charge is 2.30. The van der Waals surface area contributed by atoms with Crippen molar-refractivity contribution < 1.29 is 22.9 Å². The second kappa shape index (κ2) is 11.6. The van der Waals surface area contributed by atoms with Gasteiger partial charge >= 0.3 is 0 Å². The molecule has 2 aromatic carbocycles. The number of hydrogen-bond acceptors (Lipinski definition) is 6. The van der Waals surface area contributed by atoms with Crippen molar-refractivity contribution in [2.45, 2.75) is 39.8 Å². The van der Waals surface area contributed by atoms with Crippen LogP contribution in [0, 0.1) is 17.0 Å². The van der Waals surface area contributed by atoms with Crippen LogP contribution in [0.1, 0.15) is 31.4 Å². The number of sulfonamides is 1. The molecule has 0 spiro atoms. The first-order valence-electron chi connectivity index (χ1n) is 10.8. The number of nitrogens with one attached hydrogen (secondary N) is 1. The molecule has 2 aromatic rings. The molecule has 0 saturated carbocycles. The Morgan fingerprint density at radius 3 is 2.35 bits per heavy atom. The van der Waals surface area contributed by atoms with E-state index in [0.29, 0.717) is 6.54 Å². The number of nitro benzene ring substituents is 1. The van der Waals surface area contributed by atoms with E-state index >= 15 is 0 Å². The van der Waals surface area contributed by atoms with Crippen LogP contribution < -0.4 is 9.62 Å². The molecule has 11 heteroatoms. The van der Waals surface area contributed by atoms with Gasteiger partial charge in [-0.15, -0.1) is 0 Å². The fourth-order valence-electron chi connectivity index (χ4n) is 3.24. The summed E-state index contributed by atoms with van der Waals surface area (Å²) in [7, 11) is -3.96. The van der Waals surface area contributed by atoms with E-state index in [4.69, 9.17) is 0 Å². The number of amides is 2. The second-order valence-electron chi connectivity index (χ2n) is 8.02. The van der Waals surface area contributed by atoms with Gasteiger partial charge < -0.3 is 10.2 Å². The summed E-state index contributed by atoms with van der Waals surface area (Å²) in [5, 5.41) is 13.9. The average molecular weight is 491 g/mol. The monoisotopic (exact) mass is 490 g/mol. The van der Waals surface area contributed by atoms with Crippen molar-refractivity contribution in [3.05, 3.63) is 69.8 Å². The van der Waals surface area contributed by atoms with E-state index in [9.17, 15) is 28.1 Å². The molecule has 0 aromatic heterocycles. The van der Waals surface area contributed by atoms with E-state index in [0.717, 1.165) is 34.2 Å². The summed E-state index contributed by atoms with van der Waals surface area (Å²) in [5.41, 5.74) is 1.49. The van der Waals surface area contributed by atoms with Crippen molar-refractivity contribution >= 4 is 33.2 Å². The quantitative estimate of drug-likeness (QED) is 0.381. The van der Waals surface area contributed by atoms with Gasteiger partial charge in [0, 0.05) is 25.2 Å². The lowest BCUT2D eigenvalue weighted by Gasteiger charge is -2.31. The topological polar surface area (TPSA) is 130 Å². The fourth-order valence-corrected chi connectivity index (χ4v) is 4.09. The predicted molar refractivity (Wildman–Crippen MR) is 130 cm³/mol. The molecule has 0 radical (unpaired) electrons. The molecule has 34 heavy (non-hydrogen) atoms. The van der Waals surface area contributed by atoms with Gasteiger partial charge in [0.2, 0.25) is 21.8 Å². The lowest BCUT2D eigenvalue weighted by molar-refractivity contribution is -0.384. The standard InChI is InChI=1S/C23H30N4O6S/c1-5-13-24-23(29)18(3)25(15-19-11-9-17(2)10-12-19)22(28)16-26(34(4,32)33)20-7-6-8-21(14-20)27(30)31/h6-12,14,18H,5,13,15-16H2,1-4H3,(H,24,29)/t18-/m0/s1. The third-order valence-corrected chi connectivity index (χ3v) is 6.34. The molecular formula is C23H30N4O6S. The number of hydrogen-bond donors (Lipinski definition) is 1. The molecular weight excluding hydrogens is 460 g/mol. The molecule has 0 heterocycles. The van der Waals surface area contributed by atoms with Crippen LogP contribution in [0.2, 0.25) is 0 Å². The lowest BCUT2D eigenvalue weighted by atomic mass is 10.1. The minimum absolute atomic E-state index is 0.0107. The molecule has 2 amide bonds. The van der Waals surface area contributed by atoms with Crippen LogP contribution in [0.15, 0.2) is 48.5 Å². The van der Waals surface area contributed by atoms with Crippen LogP contribution in [-0.4, -0.2) is 55.4 Å². The Balaban J connectivity index is 2.40. The minimum Gasteiger partial charge on any atom is -0.354 e. The van der Waals surface area contributed by atoms with E-state index in [-0.39, 0.29) is 23.8 Å². The first-order valence-corrected chi connectivity index (χ1v) is 12.6. The molecule has 1 N–H and O–H groups in total. The van der Waals surface area contributed by atoms with Gasteiger partial charge in [-0.05, 0) is 31.9 Å². The SMILES string of the molecule is CCCNC(=O)[C@H](C)N(Cc1ccc(C)cc1)C(=O)CN(c1cccc([N+](=O)[O-])c1)S(C)(=O)=O.